The van der Waals surface area contributed by atoms with E-state index in [4.69, 9.17) is 0 Å². The Bertz CT molecular complexity index is 822. The van der Waals surface area contributed by atoms with Gasteiger partial charge >= 0.3 is 5.97 Å². The van der Waals surface area contributed by atoms with E-state index >= 15 is 0 Å². The van der Waals surface area contributed by atoms with Crippen molar-refractivity contribution in [2.45, 2.75) is 6.04 Å². The minimum atomic E-state index is -3.23. The van der Waals surface area contributed by atoms with Gasteiger partial charge in [0.2, 0.25) is 10.0 Å². The summed E-state index contributed by atoms with van der Waals surface area (Å²) in [4.78, 5) is 16.8. The molecular weight excluding hydrogens is 318 g/mol. The number of nitrogens with zero attached hydrogens (tertiary/aromatic N) is 2. The van der Waals surface area contributed by atoms with E-state index in [1.807, 2.05) is 29.2 Å². The lowest BCUT2D eigenvalue weighted by Crippen LogP contribution is -2.50. The highest BCUT2D eigenvalue weighted by molar-refractivity contribution is 7.88. The molecule has 1 unspecified atom stereocenters. The molecule has 0 saturated carbocycles. The molecule has 0 aliphatic carbocycles. The van der Waals surface area contributed by atoms with Gasteiger partial charge in [-0.05, 0) is 6.07 Å². The van der Waals surface area contributed by atoms with Crippen molar-refractivity contribution in [2.75, 3.05) is 32.4 Å². The number of rotatable bonds is 4. The number of H-pyrrole nitrogens is 1. The molecule has 2 aromatic rings. The summed E-state index contributed by atoms with van der Waals surface area (Å²) in [5, 5.41) is 10.6. The zero-order valence-electron chi connectivity index (χ0n) is 12.8. The first-order valence-electron chi connectivity index (χ1n) is 7.36. The first-order chi connectivity index (χ1) is 10.9. The first-order valence-corrected chi connectivity index (χ1v) is 9.21. The first kappa shape index (κ1) is 16.0. The number of fused-ring (bicyclic) bond motifs is 1. The Morgan fingerprint density at radius 3 is 2.48 bits per heavy atom. The number of carbonyl (C=O) groups is 1. The quantitative estimate of drug-likeness (QED) is 0.863. The summed E-state index contributed by atoms with van der Waals surface area (Å²) in [6.07, 6.45) is 2.91. The summed E-state index contributed by atoms with van der Waals surface area (Å²) >= 11 is 0. The Kier molecular flexibility index (Phi) is 4.13. The molecule has 1 saturated heterocycles. The number of para-hydroxylation sites is 1. The van der Waals surface area contributed by atoms with Crippen molar-refractivity contribution in [3.8, 4) is 0 Å². The number of benzene rings is 1. The van der Waals surface area contributed by atoms with Crippen LogP contribution in [0, 0.1) is 0 Å². The summed E-state index contributed by atoms with van der Waals surface area (Å²) in [6, 6.07) is 6.78. The third-order valence-electron chi connectivity index (χ3n) is 4.26. The fourth-order valence-corrected chi connectivity index (χ4v) is 3.93. The molecule has 0 spiro atoms. The molecule has 1 aliphatic heterocycles. The number of aliphatic carboxylic acids is 1. The molecule has 0 bridgehead atoms. The van der Waals surface area contributed by atoms with Crippen LogP contribution in [0.2, 0.25) is 0 Å². The van der Waals surface area contributed by atoms with Gasteiger partial charge < -0.3 is 10.1 Å². The zero-order chi connectivity index (χ0) is 16.6. The molecule has 2 N–H and O–H groups in total. The van der Waals surface area contributed by atoms with E-state index in [1.165, 1.54) is 10.6 Å². The number of aromatic amines is 1. The molecule has 7 nitrogen and oxygen atoms in total. The normalized spacial score (nSPS) is 19.0. The van der Waals surface area contributed by atoms with Gasteiger partial charge in [-0.25, -0.2) is 8.42 Å². The lowest BCUT2D eigenvalue weighted by Gasteiger charge is -2.36. The molecule has 23 heavy (non-hydrogen) atoms. The number of piperazine rings is 1. The van der Waals surface area contributed by atoms with Crippen molar-refractivity contribution in [2.24, 2.45) is 0 Å². The van der Waals surface area contributed by atoms with E-state index in [0.29, 0.717) is 31.7 Å². The Labute approximate surface area is 134 Å². The molecule has 1 aliphatic rings. The fourth-order valence-electron chi connectivity index (χ4n) is 3.10. The van der Waals surface area contributed by atoms with Crippen molar-refractivity contribution >= 4 is 26.9 Å². The molecule has 0 radical (unpaired) electrons. The van der Waals surface area contributed by atoms with E-state index in [-0.39, 0.29) is 0 Å². The predicted molar refractivity (Wildman–Crippen MR) is 86.7 cm³/mol. The Hall–Kier alpha value is -1.90. The van der Waals surface area contributed by atoms with Gasteiger partial charge in [-0.15, -0.1) is 0 Å². The van der Waals surface area contributed by atoms with Gasteiger partial charge in [0.1, 0.15) is 6.04 Å². The highest BCUT2D eigenvalue weighted by atomic mass is 32.2. The number of carboxylic acid groups (broad SMARTS) is 1. The largest absolute Gasteiger partial charge is 0.480 e. The predicted octanol–water partition coefficient (Wildman–Crippen LogP) is 0.871. The fraction of sp³-hybridized carbons (Fsp3) is 0.400. The van der Waals surface area contributed by atoms with Crippen LogP contribution in [0.4, 0.5) is 0 Å². The van der Waals surface area contributed by atoms with Crippen LogP contribution >= 0.6 is 0 Å². The van der Waals surface area contributed by atoms with Gasteiger partial charge in [0.05, 0.1) is 6.26 Å². The molecule has 2 heterocycles. The molecule has 124 valence electrons. The summed E-state index contributed by atoms with van der Waals surface area (Å²) in [5.74, 6) is -0.928. The Morgan fingerprint density at radius 2 is 1.87 bits per heavy atom. The van der Waals surface area contributed by atoms with E-state index in [9.17, 15) is 18.3 Å². The van der Waals surface area contributed by atoms with Gasteiger partial charge in [-0.1, -0.05) is 18.2 Å². The van der Waals surface area contributed by atoms with Crippen LogP contribution in [0.15, 0.2) is 30.5 Å². The molecule has 1 fully saturated rings. The van der Waals surface area contributed by atoms with Crippen LogP contribution in [0.3, 0.4) is 0 Å². The van der Waals surface area contributed by atoms with Gasteiger partial charge in [0.15, 0.2) is 0 Å². The standard InChI is InChI=1S/C15H19N3O4S/c1-23(21,22)18-8-6-17(7-9-18)14(15(19)20)12-10-16-13-5-3-2-4-11(12)13/h2-5,10,14,16H,6-9H2,1H3,(H,19,20). The second kappa shape index (κ2) is 5.95. The molecule has 3 rings (SSSR count). The van der Waals surface area contributed by atoms with Crippen LogP contribution in [0.1, 0.15) is 11.6 Å². The number of hydrogen-bond donors (Lipinski definition) is 2. The highest BCUT2D eigenvalue weighted by Crippen LogP contribution is 2.29. The van der Waals surface area contributed by atoms with Crippen LogP contribution in [-0.4, -0.2) is 66.1 Å². The lowest BCUT2D eigenvalue weighted by atomic mass is 10.0. The minimum Gasteiger partial charge on any atom is -0.480 e. The van der Waals surface area contributed by atoms with Gasteiger partial charge in [-0.2, -0.15) is 4.31 Å². The van der Waals surface area contributed by atoms with Gasteiger partial charge in [-0.3, -0.25) is 9.69 Å². The van der Waals surface area contributed by atoms with Gasteiger partial charge in [0, 0.05) is 48.8 Å². The molecular formula is C15H19N3O4S. The summed E-state index contributed by atoms with van der Waals surface area (Å²) in [5.41, 5.74) is 1.60. The number of hydrogen-bond acceptors (Lipinski definition) is 4. The number of carboxylic acids is 1. The smallest absolute Gasteiger partial charge is 0.325 e. The van der Waals surface area contributed by atoms with Crippen molar-refractivity contribution in [1.29, 1.82) is 0 Å². The SMILES string of the molecule is CS(=O)(=O)N1CCN(C(C(=O)O)c2c[nH]c3ccccc23)CC1. The number of aromatic nitrogens is 1. The van der Waals surface area contributed by atoms with Gasteiger partial charge in [0.25, 0.3) is 0 Å². The van der Waals surface area contributed by atoms with Crippen LogP contribution < -0.4 is 0 Å². The summed E-state index contributed by atoms with van der Waals surface area (Å²) in [7, 11) is -3.23. The van der Waals surface area contributed by atoms with E-state index in [2.05, 4.69) is 4.98 Å². The molecule has 1 atom stereocenters. The maximum atomic E-state index is 11.8. The second-order valence-corrected chi connectivity index (χ2v) is 7.71. The Morgan fingerprint density at radius 1 is 1.22 bits per heavy atom. The number of nitrogens with one attached hydrogen (secondary N) is 1. The third-order valence-corrected chi connectivity index (χ3v) is 5.56. The lowest BCUT2D eigenvalue weighted by molar-refractivity contribution is -0.144. The van der Waals surface area contributed by atoms with E-state index in [1.54, 1.807) is 6.20 Å². The van der Waals surface area contributed by atoms with Crippen molar-refractivity contribution in [3.05, 3.63) is 36.0 Å². The molecule has 0 amide bonds. The third kappa shape index (κ3) is 3.10. The topological polar surface area (TPSA) is 93.7 Å². The molecule has 1 aromatic heterocycles. The maximum absolute atomic E-state index is 11.8. The van der Waals surface area contributed by atoms with Crippen molar-refractivity contribution < 1.29 is 18.3 Å². The van der Waals surface area contributed by atoms with Crippen LogP contribution in [-0.2, 0) is 14.8 Å². The maximum Gasteiger partial charge on any atom is 0.325 e. The van der Waals surface area contributed by atoms with Crippen molar-refractivity contribution in [1.82, 2.24) is 14.2 Å². The average molecular weight is 337 g/mol. The van der Waals surface area contributed by atoms with E-state index < -0.39 is 22.0 Å². The summed E-state index contributed by atoms with van der Waals surface area (Å²) in [6.45, 7) is 1.41. The number of sulfonamides is 1. The summed E-state index contributed by atoms with van der Waals surface area (Å²) < 4.78 is 24.6. The monoisotopic (exact) mass is 337 g/mol. The van der Waals surface area contributed by atoms with E-state index in [0.717, 1.165) is 10.9 Å². The van der Waals surface area contributed by atoms with Crippen molar-refractivity contribution in [3.63, 3.8) is 0 Å². The van der Waals surface area contributed by atoms with Crippen LogP contribution in [0.25, 0.3) is 10.9 Å². The molecule has 1 aromatic carbocycles. The van der Waals surface area contributed by atoms with Crippen LogP contribution in [0.5, 0.6) is 0 Å². The Balaban J connectivity index is 1.88. The average Bonchev–Trinajstić information content (AvgIpc) is 2.91. The highest BCUT2D eigenvalue weighted by Gasteiger charge is 2.33. The second-order valence-electron chi connectivity index (χ2n) is 5.73. The molecule has 8 heteroatoms. The minimum absolute atomic E-state index is 0.310. The zero-order valence-corrected chi connectivity index (χ0v) is 13.6.